The SMILES string of the molecule is Cc1ccc(-c2cc(-c3ccc(OCCO)cc3)nc3n[nH]c(-c4ccccn4)c23)nc1. The maximum atomic E-state index is 8.95. The van der Waals surface area contributed by atoms with Gasteiger partial charge in [-0.15, -0.1) is 0 Å². The fourth-order valence-corrected chi connectivity index (χ4v) is 3.58. The third-order valence-corrected chi connectivity index (χ3v) is 5.14. The van der Waals surface area contributed by atoms with Gasteiger partial charge in [-0.05, 0) is 61.0 Å². The molecular weight excluding hydrogens is 402 g/mol. The summed E-state index contributed by atoms with van der Waals surface area (Å²) in [7, 11) is 0. The maximum Gasteiger partial charge on any atom is 0.182 e. The zero-order valence-corrected chi connectivity index (χ0v) is 17.5. The van der Waals surface area contributed by atoms with E-state index in [2.05, 4.69) is 20.2 Å². The smallest absolute Gasteiger partial charge is 0.182 e. The molecule has 0 amide bonds. The number of fused-ring (bicyclic) bond motifs is 1. The minimum absolute atomic E-state index is 0.0232. The van der Waals surface area contributed by atoms with Gasteiger partial charge in [0.25, 0.3) is 0 Å². The van der Waals surface area contributed by atoms with Crippen molar-refractivity contribution in [1.82, 2.24) is 25.1 Å². The molecule has 0 aliphatic heterocycles. The molecular formula is C25H21N5O2. The molecule has 1 aromatic carbocycles. The summed E-state index contributed by atoms with van der Waals surface area (Å²) < 4.78 is 5.47. The Hall–Kier alpha value is -4.10. The normalized spacial score (nSPS) is 11.1. The van der Waals surface area contributed by atoms with Crippen LogP contribution in [-0.2, 0) is 0 Å². The number of hydrogen-bond acceptors (Lipinski definition) is 6. The van der Waals surface area contributed by atoms with Gasteiger partial charge in [-0.25, -0.2) is 4.98 Å². The van der Waals surface area contributed by atoms with Crippen molar-refractivity contribution in [3.8, 4) is 39.7 Å². The minimum atomic E-state index is -0.0232. The standard InChI is InChI=1S/C25H21N5O2/c1-16-5-10-20(27-15-16)19-14-22(17-6-8-18(9-7-17)32-13-12-31)28-25-23(19)24(29-30-25)21-4-2-3-11-26-21/h2-11,14-15,31H,12-13H2,1H3,(H,28,29,30). The average Bonchev–Trinajstić information content (AvgIpc) is 3.28. The molecule has 0 saturated heterocycles. The molecule has 2 N–H and O–H groups in total. The van der Waals surface area contributed by atoms with Crippen LogP contribution in [0.25, 0.3) is 44.9 Å². The number of ether oxygens (including phenoxy) is 1. The molecule has 0 saturated carbocycles. The number of hydrogen-bond donors (Lipinski definition) is 2. The van der Waals surface area contributed by atoms with Gasteiger partial charge in [-0.3, -0.25) is 15.1 Å². The predicted molar refractivity (Wildman–Crippen MR) is 123 cm³/mol. The van der Waals surface area contributed by atoms with Crippen LogP contribution in [0.5, 0.6) is 5.75 Å². The Labute approximate surface area is 184 Å². The van der Waals surface area contributed by atoms with Gasteiger partial charge in [-0.2, -0.15) is 5.10 Å². The van der Waals surface area contributed by atoms with E-state index in [0.29, 0.717) is 11.4 Å². The lowest BCUT2D eigenvalue weighted by Gasteiger charge is -2.09. The Morgan fingerprint density at radius 1 is 0.938 bits per heavy atom. The summed E-state index contributed by atoms with van der Waals surface area (Å²) in [5, 5.41) is 17.4. The molecule has 0 atom stereocenters. The van der Waals surface area contributed by atoms with Crippen molar-refractivity contribution in [3.05, 3.63) is 78.6 Å². The molecule has 7 nitrogen and oxygen atoms in total. The van der Waals surface area contributed by atoms with Gasteiger partial charge in [0.05, 0.1) is 34.8 Å². The fraction of sp³-hybridized carbons (Fsp3) is 0.120. The van der Waals surface area contributed by atoms with Crippen molar-refractivity contribution in [1.29, 1.82) is 0 Å². The van der Waals surface area contributed by atoms with Crippen molar-refractivity contribution >= 4 is 11.0 Å². The Morgan fingerprint density at radius 3 is 2.53 bits per heavy atom. The highest BCUT2D eigenvalue weighted by Gasteiger charge is 2.18. The van der Waals surface area contributed by atoms with E-state index in [1.54, 1.807) is 6.20 Å². The zero-order valence-electron chi connectivity index (χ0n) is 17.5. The number of aliphatic hydroxyl groups is 1. The molecule has 0 spiro atoms. The van der Waals surface area contributed by atoms with Gasteiger partial charge in [-0.1, -0.05) is 12.1 Å². The van der Waals surface area contributed by atoms with E-state index in [-0.39, 0.29) is 13.2 Å². The van der Waals surface area contributed by atoms with Gasteiger partial charge >= 0.3 is 0 Å². The van der Waals surface area contributed by atoms with E-state index >= 15 is 0 Å². The van der Waals surface area contributed by atoms with Crippen molar-refractivity contribution < 1.29 is 9.84 Å². The molecule has 0 aliphatic rings. The zero-order chi connectivity index (χ0) is 21.9. The third kappa shape index (κ3) is 3.81. The van der Waals surface area contributed by atoms with Gasteiger partial charge in [0, 0.05) is 23.5 Å². The highest BCUT2D eigenvalue weighted by molar-refractivity contribution is 6.02. The van der Waals surface area contributed by atoms with Gasteiger partial charge < -0.3 is 9.84 Å². The number of pyridine rings is 3. The molecule has 0 unspecified atom stereocenters. The first-order valence-electron chi connectivity index (χ1n) is 10.3. The summed E-state index contributed by atoms with van der Waals surface area (Å²) in [4.78, 5) is 14.0. The summed E-state index contributed by atoms with van der Waals surface area (Å²) >= 11 is 0. The Morgan fingerprint density at radius 2 is 1.81 bits per heavy atom. The molecule has 5 aromatic rings. The Kier molecular flexibility index (Phi) is 5.31. The van der Waals surface area contributed by atoms with Crippen LogP contribution < -0.4 is 4.74 Å². The quantitative estimate of drug-likeness (QED) is 0.419. The molecule has 0 fully saturated rings. The third-order valence-electron chi connectivity index (χ3n) is 5.14. The van der Waals surface area contributed by atoms with Crippen molar-refractivity contribution in [2.45, 2.75) is 6.92 Å². The van der Waals surface area contributed by atoms with Crippen LogP contribution in [0.1, 0.15) is 5.56 Å². The summed E-state index contributed by atoms with van der Waals surface area (Å²) in [5.74, 6) is 0.696. The van der Waals surface area contributed by atoms with E-state index in [1.807, 2.05) is 73.8 Å². The van der Waals surface area contributed by atoms with Crippen molar-refractivity contribution in [2.75, 3.05) is 13.2 Å². The second-order valence-corrected chi connectivity index (χ2v) is 7.38. The number of nitrogens with one attached hydrogen (secondary N) is 1. The lowest BCUT2D eigenvalue weighted by Crippen LogP contribution is -2.01. The summed E-state index contributed by atoms with van der Waals surface area (Å²) in [5.41, 5.74) is 6.77. The number of aromatic nitrogens is 5. The van der Waals surface area contributed by atoms with Gasteiger partial charge in [0.2, 0.25) is 0 Å². The summed E-state index contributed by atoms with van der Waals surface area (Å²) in [6, 6.07) is 19.5. The average molecular weight is 423 g/mol. The van der Waals surface area contributed by atoms with Crippen LogP contribution in [-0.4, -0.2) is 43.5 Å². The fourth-order valence-electron chi connectivity index (χ4n) is 3.58. The highest BCUT2D eigenvalue weighted by atomic mass is 16.5. The summed E-state index contributed by atoms with van der Waals surface area (Å²) in [6.45, 7) is 2.25. The van der Waals surface area contributed by atoms with Crippen molar-refractivity contribution in [2.24, 2.45) is 0 Å². The predicted octanol–water partition coefficient (Wildman–Crippen LogP) is 4.43. The number of aryl methyl sites for hydroxylation is 1. The van der Waals surface area contributed by atoms with E-state index in [4.69, 9.17) is 14.8 Å². The lowest BCUT2D eigenvalue weighted by molar-refractivity contribution is 0.201. The highest BCUT2D eigenvalue weighted by Crippen LogP contribution is 2.35. The molecule has 0 radical (unpaired) electrons. The van der Waals surface area contributed by atoms with E-state index in [0.717, 1.165) is 44.9 Å². The van der Waals surface area contributed by atoms with Crippen LogP contribution in [0.15, 0.2) is 73.1 Å². The first kappa shape index (κ1) is 19.8. The second kappa shape index (κ2) is 8.56. The largest absolute Gasteiger partial charge is 0.491 e. The first-order chi connectivity index (χ1) is 15.7. The second-order valence-electron chi connectivity index (χ2n) is 7.38. The maximum absolute atomic E-state index is 8.95. The Bertz CT molecular complexity index is 1350. The van der Waals surface area contributed by atoms with Crippen LogP contribution in [0.2, 0.25) is 0 Å². The van der Waals surface area contributed by atoms with E-state index in [9.17, 15) is 0 Å². The molecule has 4 aromatic heterocycles. The van der Waals surface area contributed by atoms with E-state index < -0.39 is 0 Å². The number of rotatable bonds is 6. The van der Waals surface area contributed by atoms with Gasteiger partial charge in [0.15, 0.2) is 5.65 Å². The van der Waals surface area contributed by atoms with E-state index in [1.165, 1.54) is 0 Å². The molecule has 4 heterocycles. The molecule has 5 rings (SSSR count). The minimum Gasteiger partial charge on any atom is -0.491 e. The topological polar surface area (TPSA) is 96.8 Å². The Balaban J connectivity index is 1.67. The van der Waals surface area contributed by atoms with Crippen molar-refractivity contribution in [3.63, 3.8) is 0 Å². The number of nitrogens with zero attached hydrogens (tertiary/aromatic N) is 4. The van der Waals surface area contributed by atoms with Crippen LogP contribution in [0.3, 0.4) is 0 Å². The molecule has 7 heteroatoms. The first-order valence-corrected chi connectivity index (χ1v) is 10.3. The number of H-pyrrole nitrogens is 1. The summed E-state index contributed by atoms with van der Waals surface area (Å²) in [6.07, 6.45) is 3.61. The number of aromatic amines is 1. The van der Waals surface area contributed by atoms with Crippen LogP contribution in [0, 0.1) is 6.92 Å². The molecule has 158 valence electrons. The monoisotopic (exact) mass is 423 g/mol. The number of benzene rings is 1. The van der Waals surface area contributed by atoms with Gasteiger partial charge in [0.1, 0.15) is 12.4 Å². The molecule has 32 heavy (non-hydrogen) atoms. The molecule has 0 bridgehead atoms. The van der Waals surface area contributed by atoms with Crippen LogP contribution in [0.4, 0.5) is 0 Å². The number of aliphatic hydroxyl groups excluding tert-OH is 1. The lowest BCUT2D eigenvalue weighted by atomic mass is 10.0. The van der Waals surface area contributed by atoms with Crippen LogP contribution >= 0.6 is 0 Å². The molecule has 0 aliphatic carbocycles.